The maximum atomic E-state index is 11.0. The van der Waals surface area contributed by atoms with Crippen molar-refractivity contribution in [1.29, 1.82) is 0 Å². The van der Waals surface area contributed by atoms with Crippen molar-refractivity contribution in [2.24, 2.45) is 0 Å². The monoisotopic (exact) mass is 382 g/mol. The predicted molar refractivity (Wildman–Crippen MR) is 95.0 cm³/mol. The van der Waals surface area contributed by atoms with Crippen LogP contribution in [0.2, 0.25) is 5.02 Å². The first-order valence-corrected chi connectivity index (χ1v) is 8.05. The second kappa shape index (κ2) is 7.81. The quantitative estimate of drug-likeness (QED) is 0.460. The summed E-state index contributed by atoms with van der Waals surface area (Å²) in [6, 6.07) is 8.39. The molecule has 11 heteroatoms. The number of thioether (sulfide) groups is 1. The zero-order valence-electron chi connectivity index (χ0n) is 12.5. The molecule has 0 aromatic heterocycles. The van der Waals surface area contributed by atoms with Crippen LogP contribution in [0.4, 0.5) is 22.7 Å². The van der Waals surface area contributed by atoms with Crippen molar-refractivity contribution in [1.82, 2.24) is 0 Å². The van der Waals surface area contributed by atoms with Gasteiger partial charge in [-0.05, 0) is 12.1 Å². The third-order valence-electron chi connectivity index (χ3n) is 3.00. The molecule has 2 aromatic rings. The standard InChI is InChI=1S/C8H6N2O3S.C6H5ClN2O2/c11-8-4-14-7-2-1-5(10(12)13)3-6(7)9-8;7-5-2-1-4(9(10)11)3-6(5)8/h1-3H,4H2,(H,9,11);1-3H,8H2. The predicted octanol–water partition coefficient (Wildman–Crippen LogP) is 3.47. The van der Waals surface area contributed by atoms with Gasteiger partial charge in [0.05, 0.1) is 32.0 Å². The Bertz CT molecular complexity index is 861. The van der Waals surface area contributed by atoms with E-state index in [1.807, 2.05) is 0 Å². The van der Waals surface area contributed by atoms with Crippen LogP contribution in [0.5, 0.6) is 0 Å². The number of rotatable bonds is 2. The van der Waals surface area contributed by atoms with Gasteiger partial charge in [-0.1, -0.05) is 11.6 Å². The van der Waals surface area contributed by atoms with Crippen molar-refractivity contribution < 1.29 is 14.6 Å². The lowest BCUT2D eigenvalue weighted by molar-refractivity contribution is -0.385. The summed E-state index contributed by atoms with van der Waals surface area (Å²) in [4.78, 5) is 31.5. The Labute approximate surface area is 150 Å². The molecular weight excluding hydrogens is 372 g/mol. The zero-order chi connectivity index (χ0) is 18.6. The third-order valence-corrected chi connectivity index (χ3v) is 4.41. The fraction of sp³-hybridized carbons (Fsp3) is 0.0714. The van der Waals surface area contributed by atoms with Gasteiger partial charge < -0.3 is 11.1 Å². The molecule has 0 fully saturated rings. The summed E-state index contributed by atoms with van der Waals surface area (Å²) in [5.74, 6) is 0.244. The highest BCUT2D eigenvalue weighted by atomic mass is 35.5. The van der Waals surface area contributed by atoms with E-state index >= 15 is 0 Å². The molecule has 3 rings (SSSR count). The third kappa shape index (κ3) is 4.81. The van der Waals surface area contributed by atoms with Crippen molar-refractivity contribution in [3.05, 3.63) is 61.6 Å². The lowest BCUT2D eigenvalue weighted by Crippen LogP contribution is -2.18. The zero-order valence-corrected chi connectivity index (χ0v) is 14.0. The van der Waals surface area contributed by atoms with Gasteiger partial charge in [0.1, 0.15) is 0 Å². The number of non-ortho nitro benzene ring substituents is 2. The minimum Gasteiger partial charge on any atom is -0.397 e. The molecular formula is C14H11ClN4O5S. The summed E-state index contributed by atoms with van der Waals surface area (Å²) in [7, 11) is 0. The Kier molecular flexibility index (Phi) is 5.78. The van der Waals surface area contributed by atoms with Crippen molar-refractivity contribution >= 4 is 52.0 Å². The molecule has 25 heavy (non-hydrogen) atoms. The molecule has 130 valence electrons. The minimum absolute atomic E-state index is 0.00782. The van der Waals surface area contributed by atoms with Gasteiger partial charge in [0.15, 0.2) is 0 Å². The number of benzene rings is 2. The molecule has 1 heterocycles. The molecule has 3 N–H and O–H groups in total. The molecule has 9 nitrogen and oxygen atoms in total. The topological polar surface area (TPSA) is 141 Å². The molecule has 0 saturated heterocycles. The maximum absolute atomic E-state index is 11.0. The van der Waals surface area contributed by atoms with Crippen LogP contribution in [0.1, 0.15) is 0 Å². The van der Waals surface area contributed by atoms with Crippen LogP contribution in [0.15, 0.2) is 41.3 Å². The first kappa shape index (κ1) is 18.5. The average molecular weight is 383 g/mol. The van der Waals surface area contributed by atoms with E-state index in [0.717, 1.165) is 4.90 Å². The number of anilines is 2. The molecule has 0 bridgehead atoms. The molecule has 2 aromatic carbocycles. The second-order valence-electron chi connectivity index (χ2n) is 4.74. The molecule has 0 saturated carbocycles. The molecule has 0 spiro atoms. The molecule has 1 aliphatic heterocycles. The smallest absolute Gasteiger partial charge is 0.271 e. The van der Waals surface area contributed by atoms with Gasteiger partial charge in [0.25, 0.3) is 11.4 Å². The van der Waals surface area contributed by atoms with E-state index in [4.69, 9.17) is 17.3 Å². The van der Waals surface area contributed by atoms with E-state index in [9.17, 15) is 25.0 Å². The summed E-state index contributed by atoms with van der Waals surface area (Å²) >= 11 is 6.92. The number of nitro benzene ring substituents is 2. The summed E-state index contributed by atoms with van der Waals surface area (Å²) < 4.78 is 0. The molecule has 0 unspecified atom stereocenters. The first-order chi connectivity index (χ1) is 11.8. The van der Waals surface area contributed by atoms with E-state index in [2.05, 4.69) is 5.32 Å². The van der Waals surface area contributed by atoms with Gasteiger partial charge in [0, 0.05) is 29.2 Å². The van der Waals surface area contributed by atoms with E-state index in [-0.39, 0.29) is 23.0 Å². The van der Waals surface area contributed by atoms with Crippen LogP contribution in [-0.2, 0) is 4.79 Å². The van der Waals surface area contributed by atoms with Crippen molar-refractivity contribution in [2.75, 3.05) is 16.8 Å². The van der Waals surface area contributed by atoms with Crippen LogP contribution < -0.4 is 11.1 Å². The van der Waals surface area contributed by atoms with Crippen molar-refractivity contribution in [3.8, 4) is 0 Å². The molecule has 1 amide bonds. The number of fused-ring (bicyclic) bond motifs is 1. The number of hydrogen-bond donors (Lipinski definition) is 2. The summed E-state index contributed by atoms with van der Waals surface area (Å²) in [5, 5.41) is 23.5. The second-order valence-corrected chi connectivity index (χ2v) is 6.16. The Hall–Kier alpha value is -2.85. The number of amides is 1. The van der Waals surface area contributed by atoms with Gasteiger partial charge in [0.2, 0.25) is 5.91 Å². The van der Waals surface area contributed by atoms with Crippen LogP contribution in [0, 0.1) is 20.2 Å². The van der Waals surface area contributed by atoms with Crippen LogP contribution in [0.3, 0.4) is 0 Å². The van der Waals surface area contributed by atoms with E-state index < -0.39 is 9.85 Å². The van der Waals surface area contributed by atoms with E-state index in [0.29, 0.717) is 16.5 Å². The molecule has 0 aliphatic carbocycles. The minimum atomic E-state index is -0.521. The SMILES string of the molecule is Nc1cc([N+](=O)[O-])ccc1Cl.O=C1CSc2ccc([N+](=O)[O-])cc2N1. The average Bonchev–Trinajstić information content (AvgIpc) is 2.57. The maximum Gasteiger partial charge on any atom is 0.271 e. The van der Waals surface area contributed by atoms with Gasteiger partial charge in [-0.2, -0.15) is 0 Å². The van der Waals surface area contributed by atoms with Gasteiger partial charge >= 0.3 is 0 Å². The lowest BCUT2D eigenvalue weighted by atomic mass is 10.2. The fourth-order valence-electron chi connectivity index (χ4n) is 1.83. The number of nitro groups is 2. The highest BCUT2D eigenvalue weighted by Crippen LogP contribution is 2.33. The van der Waals surface area contributed by atoms with E-state index in [1.165, 1.54) is 42.1 Å². The number of nitrogens with zero attached hydrogens (tertiary/aromatic N) is 2. The highest BCUT2D eigenvalue weighted by molar-refractivity contribution is 8.00. The summed E-state index contributed by atoms with van der Waals surface area (Å²) in [5.41, 5.74) is 6.02. The van der Waals surface area contributed by atoms with Crippen LogP contribution in [-0.4, -0.2) is 21.5 Å². The lowest BCUT2D eigenvalue weighted by Gasteiger charge is -2.14. The summed E-state index contributed by atoms with van der Waals surface area (Å²) in [6.07, 6.45) is 0. The van der Waals surface area contributed by atoms with Crippen LogP contribution in [0.25, 0.3) is 0 Å². The Morgan fingerprint density at radius 3 is 2.28 bits per heavy atom. The number of nitrogens with one attached hydrogen (secondary N) is 1. The van der Waals surface area contributed by atoms with Gasteiger partial charge in [-0.15, -0.1) is 11.8 Å². The van der Waals surface area contributed by atoms with Gasteiger partial charge in [-0.3, -0.25) is 25.0 Å². The Morgan fingerprint density at radius 1 is 1.08 bits per heavy atom. The molecule has 0 radical (unpaired) electrons. The number of nitrogens with two attached hydrogens (primary N) is 1. The summed E-state index contributed by atoms with van der Waals surface area (Å²) in [6.45, 7) is 0. The Morgan fingerprint density at radius 2 is 1.68 bits per heavy atom. The normalized spacial score (nSPS) is 12.3. The number of halogens is 1. The number of carbonyl (C=O) groups excluding carboxylic acids is 1. The van der Waals surface area contributed by atoms with E-state index in [1.54, 1.807) is 6.07 Å². The molecule has 0 atom stereocenters. The van der Waals surface area contributed by atoms with Crippen LogP contribution >= 0.6 is 23.4 Å². The van der Waals surface area contributed by atoms with Crippen molar-refractivity contribution in [2.45, 2.75) is 4.90 Å². The first-order valence-electron chi connectivity index (χ1n) is 6.68. The number of nitrogen functional groups attached to an aromatic ring is 1. The number of hydrogen-bond acceptors (Lipinski definition) is 7. The number of carbonyl (C=O) groups is 1. The van der Waals surface area contributed by atoms with Gasteiger partial charge in [-0.25, -0.2) is 0 Å². The molecule has 1 aliphatic rings. The highest BCUT2D eigenvalue weighted by Gasteiger charge is 2.18. The Balaban J connectivity index is 0.000000186. The van der Waals surface area contributed by atoms with Crippen molar-refractivity contribution in [3.63, 3.8) is 0 Å². The largest absolute Gasteiger partial charge is 0.397 e. The fourth-order valence-corrected chi connectivity index (χ4v) is 2.74.